The first kappa shape index (κ1) is 26.5. The highest BCUT2D eigenvalue weighted by Crippen LogP contribution is 2.51. The predicted molar refractivity (Wildman–Crippen MR) is 150 cm³/mol. The molecule has 5 rings (SSSR count). The van der Waals surface area contributed by atoms with Crippen molar-refractivity contribution in [3.8, 4) is 6.07 Å². The number of aromatic nitrogens is 1. The summed E-state index contributed by atoms with van der Waals surface area (Å²) in [5.41, 5.74) is 8.36. The average Bonchev–Trinajstić information content (AvgIpc) is 3.78. The van der Waals surface area contributed by atoms with E-state index < -0.39 is 11.2 Å². The molecule has 3 aliphatic rings. The zero-order chi connectivity index (χ0) is 26.6. The van der Waals surface area contributed by atoms with Gasteiger partial charge in [-0.1, -0.05) is 42.1 Å². The van der Waals surface area contributed by atoms with Crippen LogP contribution in [-0.2, 0) is 4.79 Å². The largest absolute Gasteiger partial charge is 0.368 e. The number of rotatable bonds is 8. The van der Waals surface area contributed by atoms with Crippen molar-refractivity contribution < 1.29 is 4.79 Å². The Hall–Kier alpha value is -3.11. The molecule has 1 saturated carbocycles. The van der Waals surface area contributed by atoms with Crippen molar-refractivity contribution in [3.05, 3.63) is 58.4 Å². The first-order chi connectivity index (χ1) is 18.5. The Kier molecular flexibility index (Phi) is 8.18. The first-order valence-electron chi connectivity index (χ1n) is 13.5. The second-order valence-electron chi connectivity index (χ2n) is 10.7. The van der Waals surface area contributed by atoms with Crippen LogP contribution in [0.25, 0.3) is 4.85 Å². The molecule has 1 unspecified atom stereocenters. The summed E-state index contributed by atoms with van der Waals surface area (Å²) in [6.45, 7) is 15.4. The molecule has 2 aliphatic heterocycles. The van der Waals surface area contributed by atoms with Gasteiger partial charge in [-0.15, -0.1) is 0 Å². The summed E-state index contributed by atoms with van der Waals surface area (Å²) in [6, 6.07) is 11.7. The lowest BCUT2D eigenvalue weighted by atomic mass is 9.95. The van der Waals surface area contributed by atoms with E-state index in [1.54, 1.807) is 0 Å². The third-order valence-corrected chi connectivity index (χ3v) is 9.24. The van der Waals surface area contributed by atoms with Crippen LogP contribution in [0.3, 0.4) is 0 Å². The van der Waals surface area contributed by atoms with Gasteiger partial charge >= 0.3 is 0 Å². The van der Waals surface area contributed by atoms with Crippen molar-refractivity contribution in [1.82, 2.24) is 14.8 Å². The Bertz CT molecular complexity index is 1230. The number of pyridine rings is 1. The molecule has 38 heavy (non-hydrogen) atoms. The van der Waals surface area contributed by atoms with Crippen LogP contribution in [0.2, 0.25) is 0 Å². The summed E-state index contributed by atoms with van der Waals surface area (Å²) < 4.78 is 0. The van der Waals surface area contributed by atoms with Gasteiger partial charge < -0.3 is 20.4 Å². The van der Waals surface area contributed by atoms with Gasteiger partial charge in [0, 0.05) is 45.8 Å². The van der Waals surface area contributed by atoms with Crippen LogP contribution in [-0.4, -0.2) is 73.6 Å². The van der Waals surface area contributed by atoms with E-state index in [0.29, 0.717) is 28.0 Å². The number of piperidine rings is 1. The Morgan fingerprint density at radius 3 is 2.42 bits per heavy atom. The number of thioether (sulfide) groups is 1. The monoisotopic (exact) mass is 529 g/mol. The molecular formula is C29H35N7OS. The van der Waals surface area contributed by atoms with Crippen molar-refractivity contribution in [2.75, 3.05) is 57.8 Å². The van der Waals surface area contributed by atoms with E-state index in [2.05, 4.69) is 32.7 Å². The lowest BCUT2D eigenvalue weighted by Gasteiger charge is -2.38. The van der Waals surface area contributed by atoms with Crippen LogP contribution in [0.1, 0.15) is 53.5 Å². The Morgan fingerprint density at radius 1 is 1.16 bits per heavy atom. The number of nitrogens with zero attached hydrogens (tertiary/aromatic N) is 6. The van der Waals surface area contributed by atoms with E-state index in [1.807, 2.05) is 30.3 Å². The fourth-order valence-corrected chi connectivity index (χ4v) is 6.65. The number of carbonyl (C=O) groups excluding carboxylic acids is 1. The van der Waals surface area contributed by atoms with Crippen LogP contribution in [0.5, 0.6) is 0 Å². The molecule has 1 atom stereocenters. The van der Waals surface area contributed by atoms with Crippen LogP contribution in [0, 0.1) is 23.8 Å². The second kappa shape index (κ2) is 11.7. The lowest BCUT2D eigenvalue weighted by Crippen LogP contribution is -2.47. The number of nitriles is 1. The molecule has 3 heterocycles. The summed E-state index contributed by atoms with van der Waals surface area (Å²) in [6.07, 6.45) is 4.05. The maximum Gasteiger partial charge on any atom is 0.235 e. The summed E-state index contributed by atoms with van der Waals surface area (Å²) >= 11 is 1.23. The zero-order valence-corrected chi connectivity index (χ0v) is 22.8. The topological polar surface area (TPSA) is 93.8 Å². The van der Waals surface area contributed by atoms with E-state index in [1.165, 1.54) is 11.8 Å². The highest BCUT2D eigenvalue weighted by Gasteiger charge is 2.36. The molecule has 2 N–H and O–H groups in total. The smallest absolute Gasteiger partial charge is 0.235 e. The molecule has 1 aromatic carbocycles. The van der Waals surface area contributed by atoms with Crippen LogP contribution in [0.15, 0.2) is 35.4 Å². The van der Waals surface area contributed by atoms with Crippen LogP contribution in [0.4, 0.5) is 11.5 Å². The van der Waals surface area contributed by atoms with Crippen molar-refractivity contribution in [2.45, 2.75) is 41.9 Å². The molecule has 2 aromatic rings. The minimum atomic E-state index is -0.663. The third kappa shape index (κ3) is 5.81. The maximum atomic E-state index is 12.5. The van der Waals surface area contributed by atoms with Gasteiger partial charge in [-0.05, 0) is 55.7 Å². The predicted octanol–water partition coefficient (Wildman–Crippen LogP) is 4.16. The zero-order valence-electron chi connectivity index (χ0n) is 22.0. The van der Waals surface area contributed by atoms with Gasteiger partial charge in [-0.25, -0.2) is 9.83 Å². The summed E-state index contributed by atoms with van der Waals surface area (Å²) in [7, 11) is 2.18. The quantitative estimate of drug-likeness (QED) is 0.405. The van der Waals surface area contributed by atoms with Crippen molar-refractivity contribution in [3.63, 3.8) is 0 Å². The lowest BCUT2D eigenvalue weighted by molar-refractivity contribution is -0.117. The molecule has 0 bridgehead atoms. The Labute approximate surface area is 229 Å². The fourth-order valence-electron chi connectivity index (χ4n) is 5.61. The number of benzene rings is 1. The van der Waals surface area contributed by atoms with Crippen molar-refractivity contribution >= 4 is 29.2 Å². The average molecular weight is 530 g/mol. The van der Waals surface area contributed by atoms with Gasteiger partial charge in [0.05, 0.1) is 12.1 Å². The number of hydrogen-bond acceptors (Lipinski definition) is 7. The molecule has 2 saturated heterocycles. The Morgan fingerprint density at radius 2 is 1.84 bits per heavy atom. The van der Waals surface area contributed by atoms with E-state index in [0.717, 1.165) is 82.6 Å². The second-order valence-corrected chi connectivity index (χ2v) is 11.8. The number of amides is 1. The fraction of sp³-hybridized carbons (Fsp3) is 0.517. The van der Waals surface area contributed by atoms with Gasteiger partial charge in [0.1, 0.15) is 22.2 Å². The first-order valence-corrected chi connectivity index (χ1v) is 14.4. The molecular weight excluding hydrogens is 494 g/mol. The summed E-state index contributed by atoms with van der Waals surface area (Å²) in [5.74, 6) is 1.03. The standard InChI is InChI=1S/C29H35N7OS/c1-32-25-24(21-8-9-21)23(18-30)29(38-26(27(31)37)22-6-4-3-5-7-22)33-28(25)36-12-10-20(11-13-36)19-35-16-14-34(2)15-17-35/h3-7,20-21,26H,8-17,19H2,2H3,(H2,31,37). The number of primary amides is 1. The summed E-state index contributed by atoms with van der Waals surface area (Å²) in [5, 5.41) is 10.0. The van der Waals surface area contributed by atoms with Gasteiger partial charge in [0.15, 0.2) is 0 Å². The molecule has 1 amide bonds. The highest BCUT2D eigenvalue weighted by molar-refractivity contribution is 8.00. The normalized spacial score (nSPS) is 20.0. The number of likely N-dealkylation sites (N-methyl/N-ethyl adjacent to an activating group) is 1. The molecule has 8 nitrogen and oxygen atoms in total. The minimum Gasteiger partial charge on any atom is -0.368 e. The molecule has 198 valence electrons. The Balaban J connectivity index is 1.41. The van der Waals surface area contributed by atoms with Gasteiger partial charge in [-0.2, -0.15) is 5.26 Å². The van der Waals surface area contributed by atoms with E-state index in [4.69, 9.17) is 17.3 Å². The van der Waals surface area contributed by atoms with E-state index in [9.17, 15) is 10.1 Å². The number of piperazine rings is 1. The van der Waals surface area contributed by atoms with Gasteiger partial charge in [-0.3, -0.25) is 4.79 Å². The van der Waals surface area contributed by atoms with Crippen LogP contribution >= 0.6 is 11.8 Å². The SMILES string of the molecule is [C-]#[N+]c1c(N2CCC(CN3CCN(C)CC3)CC2)nc(SC(C(N)=O)c2ccccc2)c(C#N)c1C1CC1. The molecule has 1 aromatic heterocycles. The van der Waals surface area contributed by atoms with Gasteiger partial charge in [0.2, 0.25) is 11.6 Å². The molecule has 0 spiro atoms. The van der Waals surface area contributed by atoms with Crippen molar-refractivity contribution in [1.29, 1.82) is 5.26 Å². The molecule has 0 radical (unpaired) electrons. The minimum absolute atomic E-state index is 0.202. The highest BCUT2D eigenvalue weighted by atomic mass is 32.2. The maximum absolute atomic E-state index is 12.5. The van der Waals surface area contributed by atoms with E-state index in [-0.39, 0.29) is 5.92 Å². The summed E-state index contributed by atoms with van der Waals surface area (Å²) in [4.78, 5) is 28.5. The van der Waals surface area contributed by atoms with E-state index >= 15 is 0 Å². The number of nitrogens with two attached hydrogens (primary N) is 1. The van der Waals surface area contributed by atoms with Gasteiger partial charge in [0.25, 0.3) is 0 Å². The third-order valence-electron chi connectivity index (χ3n) is 7.98. The number of hydrogen-bond donors (Lipinski definition) is 1. The number of carbonyl (C=O) groups is 1. The van der Waals surface area contributed by atoms with Crippen molar-refractivity contribution in [2.24, 2.45) is 11.7 Å². The van der Waals surface area contributed by atoms with Crippen LogP contribution < -0.4 is 10.6 Å². The molecule has 1 aliphatic carbocycles. The molecule has 9 heteroatoms. The number of anilines is 1. The molecule has 3 fully saturated rings.